The molecule has 0 aromatic carbocycles. The Kier molecular flexibility index (Phi) is 12.2. The van der Waals surface area contributed by atoms with E-state index in [2.05, 4.69) is 14.7 Å². The van der Waals surface area contributed by atoms with Crippen LogP contribution >= 0.6 is 0 Å². The number of hydrogen-bond acceptors (Lipinski definition) is 4. The molecule has 0 spiro atoms. The summed E-state index contributed by atoms with van der Waals surface area (Å²) in [5.74, 6) is -0.430. The number of carbonyl (C=O) groups is 1. The minimum absolute atomic E-state index is 0.244. The van der Waals surface area contributed by atoms with Gasteiger partial charge >= 0.3 is 5.97 Å². The molecule has 0 saturated carbocycles. The van der Waals surface area contributed by atoms with Crippen molar-refractivity contribution in [3.05, 3.63) is 0 Å². The summed E-state index contributed by atoms with van der Waals surface area (Å²) >= 11 is 0. The van der Waals surface area contributed by atoms with Gasteiger partial charge < -0.3 is 9.57 Å². The predicted octanol–water partition coefficient (Wildman–Crippen LogP) is 1.99. The topological polar surface area (TPSA) is 47.9 Å². The first-order valence-electron chi connectivity index (χ1n) is 4.56. The molecule has 0 bridgehead atoms. The number of ether oxygens (including phenoxy) is 1. The van der Waals surface area contributed by atoms with Crippen LogP contribution in [0.3, 0.4) is 0 Å². The van der Waals surface area contributed by atoms with Crippen LogP contribution in [0.4, 0.5) is 0 Å². The lowest BCUT2D eigenvalue weighted by atomic mass is 10.4. The summed E-state index contributed by atoms with van der Waals surface area (Å²) in [6.45, 7) is 9.90. The molecule has 0 amide bonds. The molecule has 0 atom stereocenters. The van der Waals surface area contributed by atoms with Gasteiger partial charge in [0, 0.05) is 0 Å². The Morgan fingerprint density at radius 2 is 1.77 bits per heavy atom. The van der Waals surface area contributed by atoms with E-state index in [4.69, 9.17) is 0 Å². The van der Waals surface area contributed by atoms with Gasteiger partial charge in [-0.1, -0.05) is 19.0 Å². The molecule has 0 N–H and O–H groups in total. The molecular weight excluding hydrogens is 170 g/mol. The van der Waals surface area contributed by atoms with Crippen LogP contribution in [0.2, 0.25) is 0 Å². The lowest BCUT2D eigenvalue weighted by Crippen LogP contribution is -2.14. The maximum Gasteiger partial charge on any atom is 0.355 e. The van der Waals surface area contributed by atoms with Crippen molar-refractivity contribution in [3.63, 3.8) is 0 Å². The third-order valence-corrected chi connectivity index (χ3v) is 0.901. The first kappa shape index (κ1) is 14.5. The van der Waals surface area contributed by atoms with Crippen LogP contribution in [-0.2, 0) is 14.4 Å². The number of nitrogens with zero attached hydrogens (tertiary/aromatic N) is 1. The van der Waals surface area contributed by atoms with Gasteiger partial charge in [0.15, 0.2) is 5.71 Å². The van der Waals surface area contributed by atoms with Crippen LogP contribution in [0.15, 0.2) is 5.16 Å². The van der Waals surface area contributed by atoms with Crippen LogP contribution in [0.5, 0.6) is 0 Å². The van der Waals surface area contributed by atoms with Gasteiger partial charge in [-0.25, -0.2) is 4.79 Å². The van der Waals surface area contributed by atoms with Crippen molar-refractivity contribution < 1.29 is 14.4 Å². The molecule has 0 saturated heterocycles. The standard InChI is InChI=1S/C7H13NO3.C2H6/c1-4-10-7(9)6(3)8-11-5-2;1-2/h4-5H2,1-3H3;1-2H3/b8-6-;. The molecule has 0 aliphatic rings. The maximum atomic E-state index is 10.8. The Hall–Kier alpha value is -1.06. The van der Waals surface area contributed by atoms with Crippen LogP contribution in [0.1, 0.15) is 34.6 Å². The average Bonchev–Trinajstić information content (AvgIpc) is 2.17. The average molecular weight is 189 g/mol. The van der Waals surface area contributed by atoms with Crippen molar-refractivity contribution in [1.29, 1.82) is 0 Å². The molecule has 0 unspecified atom stereocenters. The van der Waals surface area contributed by atoms with E-state index in [1.807, 2.05) is 13.8 Å². The van der Waals surface area contributed by atoms with Gasteiger partial charge in [-0.15, -0.1) is 0 Å². The molecule has 0 aromatic heterocycles. The molecule has 0 fully saturated rings. The summed E-state index contributed by atoms with van der Waals surface area (Å²) in [7, 11) is 0. The van der Waals surface area contributed by atoms with Crippen molar-refractivity contribution >= 4 is 11.7 Å². The summed E-state index contributed by atoms with van der Waals surface area (Å²) in [6, 6.07) is 0. The molecule has 78 valence electrons. The molecule has 0 aliphatic carbocycles. The number of rotatable bonds is 4. The lowest BCUT2D eigenvalue weighted by Gasteiger charge is -1.99. The monoisotopic (exact) mass is 189 g/mol. The van der Waals surface area contributed by atoms with E-state index < -0.39 is 5.97 Å². The van der Waals surface area contributed by atoms with Crippen LogP contribution in [0.25, 0.3) is 0 Å². The Labute approximate surface area is 79.9 Å². The second-order valence-corrected chi connectivity index (χ2v) is 1.81. The minimum Gasteiger partial charge on any atom is -0.461 e. The third-order valence-electron chi connectivity index (χ3n) is 0.901. The highest BCUT2D eigenvalue weighted by atomic mass is 16.6. The van der Waals surface area contributed by atoms with E-state index in [1.54, 1.807) is 20.8 Å². The van der Waals surface area contributed by atoms with Gasteiger partial charge in [0.1, 0.15) is 6.61 Å². The number of carbonyl (C=O) groups excluding carboxylic acids is 1. The number of esters is 1. The first-order valence-corrected chi connectivity index (χ1v) is 4.56. The zero-order chi connectivity index (χ0) is 10.7. The molecule has 0 rings (SSSR count). The van der Waals surface area contributed by atoms with E-state index in [9.17, 15) is 4.79 Å². The number of oxime groups is 1. The van der Waals surface area contributed by atoms with E-state index in [0.717, 1.165) is 0 Å². The highest BCUT2D eigenvalue weighted by Gasteiger charge is 2.05. The predicted molar refractivity (Wildman–Crippen MR) is 52.7 cm³/mol. The molecule has 0 heterocycles. The van der Waals surface area contributed by atoms with E-state index in [1.165, 1.54) is 0 Å². The van der Waals surface area contributed by atoms with Crippen molar-refractivity contribution in [2.45, 2.75) is 34.6 Å². The highest BCUT2D eigenvalue weighted by molar-refractivity contribution is 6.35. The number of hydrogen-bond donors (Lipinski definition) is 0. The quantitative estimate of drug-likeness (QED) is 0.386. The van der Waals surface area contributed by atoms with Gasteiger partial charge in [-0.3, -0.25) is 0 Å². The molecular formula is C9H19NO3. The maximum absolute atomic E-state index is 10.8. The van der Waals surface area contributed by atoms with Crippen molar-refractivity contribution in [3.8, 4) is 0 Å². The third kappa shape index (κ3) is 8.85. The normalized spacial score (nSPS) is 9.77. The van der Waals surface area contributed by atoms with Crippen molar-refractivity contribution in [2.24, 2.45) is 5.16 Å². The van der Waals surface area contributed by atoms with Crippen LogP contribution < -0.4 is 0 Å². The summed E-state index contributed by atoms with van der Waals surface area (Å²) in [4.78, 5) is 15.5. The second-order valence-electron chi connectivity index (χ2n) is 1.81. The zero-order valence-corrected chi connectivity index (χ0v) is 9.09. The Morgan fingerprint density at radius 1 is 1.23 bits per heavy atom. The Bertz CT molecular complexity index is 155. The molecule has 4 nitrogen and oxygen atoms in total. The molecule has 13 heavy (non-hydrogen) atoms. The summed E-state index contributed by atoms with van der Waals surface area (Å²) < 4.78 is 4.65. The molecule has 4 heteroatoms. The van der Waals surface area contributed by atoms with Gasteiger partial charge in [0.2, 0.25) is 0 Å². The van der Waals surface area contributed by atoms with Crippen LogP contribution in [-0.4, -0.2) is 24.9 Å². The zero-order valence-electron chi connectivity index (χ0n) is 9.09. The van der Waals surface area contributed by atoms with Gasteiger partial charge in [0.25, 0.3) is 0 Å². The van der Waals surface area contributed by atoms with E-state index in [0.29, 0.717) is 13.2 Å². The van der Waals surface area contributed by atoms with Crippen molar-refractivity contribution in [2.75, 3.05) is 13.2 Å². The summed E-state index contributed by atoms with van der Waals surface area (Å²) in [5.41, 5.74) is 0.244. The lowest BCUT2D eigenvalue weighted by molar-refractivity contribution is -0.135. The largest absolute Gasteiger partial charge is 0.461 e. The van der Waals surface area contributed by atoms with E-state index in [-0.39, 0.29) is 5.71 Å². The van der Waals surface area contributed by atoms with Crippen molar-refractivity contribution in [1.82, 2.24) is 0 Å². The van der Waals surface area contributed by atoms with Gasteiger partial charge in [-0.2, -0.15) is 0 Å². The second kappa shape index (κ2) is 10.9. The molecule has 0 radical (unpaired) electrons. The fourth-order valence-corrected chi connectivity index (χ4v) is 0.434. The molecule has 0 aromatic rings. The Balaban J connectivity index is 0. The SMILES string of the molecule is CC.CCO/N=C(/C)C(=O)OCC. The molecule has 0 aliphatic heterocycles. The summed E-state index contributed by atoms with van der Waals surface area (Å²) in [5, 5.41) is 3.50. The van der Waals surface area contributed by atoms with Gasteiger partial charge in [-0.05, 0) is 20.8 Å². The Morgan fingerprint density at radius 3 is 2.15 bits per heavy atom. The fraction of sp³-hybridized carbons (Fsp3) is 0.778. The fourth-order valence-electron chi connectivity index (χ4n) is 0.434. The van der Waals surface area contributed by atoms with Crippen LogP contribution in [0, 0.1) is 0 Å². The smallest absolute Gasteiger partial charge is 0.355 e. The minimum atomic E-state index is -0.430. The van der Waals surface area contributed by atoms with E-state index >= 15 is 0 Å². The first-order chi connectivity index (χ1) is 6.22. The van der Waals surface area contributed by atoms with Gasteiger partial charge in [0.05, 0.1) is 6.61 Å². The highest BCUT2D eigenvalue weighted by Crippen LogP contribution is 1.85. The summed E-state index contributed by atoms with van der Waals surface area (Å²) in [6.07, 6.45) is 0.